The number of rotatable bonds is 15. The number of nitrogens with one attached hydrogen (secondary N) is 2. The molecule has 39 heavy (non-hydrogen) atoms. The van der Waals surface area contributed by atoms with E-state index in [1.54, 1.807) is 36.8 Å². The predicted molar refractivity (Wildman–Crippen MR) is 127 cm³/mol. The fourth-order valence-corrected chi connectivity index (χ4v) is 3.45. The molecule has 2 amide bonds. The van der Waals surface area contributed by atoms with Gasteiger partial charge in [0.25, 0.3) is 0 Å². The number of azo groups is 1. The Hall–Kier alpha value is -3.66. The van der Waals surface area contributed by atoms with Crippen molar-refractivity contribution in [1.82, 2.24) is 25.0 Å². The Kier molecular flexibility index (Phi) is 11.7. The summed E-state index contributed by atoms with van der Waals surface area (Å²) in [6.07, 6.45) is -1.09. The predicted octanol–water partition coefficient (Wildman–Crippen LogP) is 3.69. The van der Waals surface area contributed by atoms with Crippen LogP contribution in [-0.2, 0) is 29.2 Å². The summed E-state index contributed by atoms with van der Waals surface area (Å²) in [6.45, 7) is 2.49. The van der Waals surface area contributed by atoms with Crippen LogP contribution in [0.15, 0.2) is 28.8 Å². The molecule has 0 fully saturated rings. The van der Waals surface area contributed by atoms with Crippen LogP contribution >= 0.6 is 0 Å². The molecule has 2 aromatic heterocycles. The largest absolute Gasteiger partial charge is 0.471 e. The van der Waals surface area contributed by atoms with E-state index < -0.39 is 24.2 Å². The SMILES string of the molecule is CCCCCCn1ncc(N=Nc2n(CCCNC(=O)C(F)(F)F)cc[n+]2CCCNC(=O)C(F)(F)F)c1N. The van der Waals surface area contributed by atoms with E-state index in [1.807, 2.05) is 0 Å². The molecule has 0 atom stereocenters. The van der Waals surface area contributed by atoms with E-state index in [1.165, 1.54) is 6.20 Å². The highest BCUT2D eigenvalue weighted by atomic mass is 19.4. The van der Waals surface area contributed by atoms with Crippen molar-refractivity contribution >= 4 is 29.3 Å². The zero-order valence-electron chi connectivity index (χ0n) is 21.4. The van der Waals surface area contributed by atoms with Crippen molar-refractivity contribution in [3.05, 3.63) is 18.6 Å². The maximum atomic E-state index is 12.4. The highest BCUT2D eigenvalue weighted by Gasteiger charge is 2.38. The van der Waals surface area contributed by atoms with Gasteiger partial charge in [-0.3, -0.25) is 9.59 Å². The number of carbonyl (C=O) groups is 2. The first-order valence-electron chi connectivity index (χ1n) is 12.4. The molecule has 2 heterocycles. The molecule has 0 spiro atoms. The van der Waals surface area contributed by atoms with Crippen LogP contribution in [0.5, 0.6) is 0 Å². The molecule has 0 radical (unpaired) electrons. The second-order valence-electron chi connectivity index (χ2n) is 8.60. The number of carbonyl (C=O) groups excluding carboxylic acids is 2. The Morgan fingerprint density at radius 1 is 0.949 bits per heavy atom. The minimum Gasteiger partial charge on any atom is -0.382 e. The number of amides is 2. The normalized spacial score (nSPS) is 12.3. The summed E-state index contributed by atoms with van der Waals surface area (Å²) >= 11 is 0. The molecule has 4 N–H and O–H groups in total. The van der Waals surface area contributed by atoms with E-state index in [9.17, 15) is 35.9 Å². The van der Waals surface area contributed by atoms with Gasteiger partial charge in [-0.05, 0) is 19.3 Å². The summed E-state index contributed by atoms with van der Waals surface area (Å²) < 4.78 is 79.0. The summed E-state index contributed by atoms with van der Waals surface area (Å²) in [5.74, 6) is -3.57. The van der Waals surface area contributed by atoms with Crippen LogP contribution in [0.3, 0.4) is 0 Å². The average molecular weight is 569 g/mol. The van der Waals surface area contributed by atoms with Gasteiger partial charge in [0.05, 0.1) is 31.7 Å². The van der Waals surface area contributed by atoms with Gasteiger partial charge in [-0.1, -0.05) is 31.3 Å². The van der Waals surface area contributed by atoms with Crippen LogP contribution < -0.4 is 20.9 Å². The van der Waals surface area contributed by atoms with Gasteiger partial charge in [0.15, 0.2) is 11.5 Å². The molecular weight excluding hydrogens is 536 g/mol. The first-order valence-corrected chi connectivity index (χ1v) is 12.4. The third-order valence-electron chi connectivity index (χ3n) is 5.51. The van der Waals surface area contributed by atoms with Crippen LogP contribution in [0.25, 0.3) is 0 Å². The molecule has 0 aliphatic rings. The maximum Gasteiger partial charge on any atom is 0.471 e. The van der Waals surface area contributed by atoms with Gasteiger partial charge in [0, 0.05) is 24.7 Å². The minimum absolute atomic E-state index is 0.124. The second kappa shape index (κ2) is 14.5. The third-order valence-corrected chi connectivity index (χ3v) is 5.51. The number of halogens is 6. The standard InChI is InChI=1S/C22H31F6N9O2/c1-2-3-4-5-12-37-17(29)16(15-32-37)33-34-20-35(10-6-8-30-18(38)21(23,24)25)13-14-36(20)11-7-9-31-19(39)22(26,27)28/h13-15,29H,2-12H2,1H3,(H2,30,31,38,39)/p+1. The van der Waals surface area contributed by atoms with Crippen LogP contribution in [0.1, 0.15) is 45.4 Å². The Balaban J connectivity index is 2.10. The number of nitrogens with two attached hydrogens (primary N) is 1. The molecule has 218 valence electrons. The van der Waals surface area contributed by atoms with Crippen molar-refractivity contribution in [2.45, 2.75) is 77.4 Å². The smallest absolute Gasteiger partial charge is 0.382 e. The van der Waals surface area contributed by atoms with E-state index in [-0.39, 0.29) is 45.0 Å². The minimum atomic E-state index is -4.99. The maximum absolute atomic E-state index is 12.4. The number of anilines is 1. The summed E-state index contributed by atoms with van der Waals surface area (Å²) in [5, 5.41) is 16.1. The molecule has 0 aromatic carbocycles. The molecule has 0 unspecified atom stereocenters. The van der Waals surface area contributed by atoms with E-state index in [0.717, 1.165) is 25.7 Å². The zero-order chi connectivity index (χ0) is 29.1. The average Bonchev–Trinajstić information content (AvgIpc) is 3.41. The molecule has 0 saturated heterocycles. The summed E-state index contributed by atoms with van der Waals surface area (Å²) in [5.41, 5.74) is 6.42. The highest BCUT2D eigenvalue weighted by molar-refractivity contribution is 5.81. The number of alkyl halides is 6. The highest BCUT2D eigenvalue weighted by Crippen LogP contribution is 2.24. The number of nitrogens with zero attached hydrogens (tertiary/aromatic N) is 6. The molecule has 0 aliphatic heterocycles. The van der Waals surface area contributed by atoms with Gasteiger partial charge in [-0.25, -0.2) is 13.8 Å². The summed E-state index contributed by atoms with van der Waals surface area (Å²) in [7, 11) is 0. The van der Waals surface area contributed by atoms with Gasteiger partial charge in [0.1, 0.15) is 0 Å². The van der Waals surface area contributed by atoms with Crippen molar-refractivity contribution in [3.8, 4) is 0 Å². The van der Waals surface area contributed by atoms with Crippen molar-refractivity contribution in [2.24, 2.45) is 10.2 Å². The lowest BCUT2D eigenvalue weighted by molar-refractivity contribution is -0.683. The third kappa shape index (κ3) is 10.2. The number of hydrogen-bond acceptors (Lipinski definition) is 6. The van der Waals surface area contributed by atoms with E-state index in [2.05, 4.69) is 22.3 Å². The quantitative estimate of drug-likeness (QED) is 0.131. The first kappa shape index (κ1) is 31.6. The van der Waals surface area contributed by atoms with Crippen molar-refractivity contribution < 1.29 is 40.5 Å². The van der Waals surface area contributed by atoms with Crippen LogP contribution in [0.2, 0.25) is 0 Å². The van der Waals surface area contributed by atoms with Gasteiger partial charge in [-0.15, -0.1) is 0 Å². The number of hydrogen-bond donors (Lipinski definition) is 3. The van der Waals surface area contributed by atoms with E-state index >= 15 is 0 Å². The second-order valence-corrected chi connectivity index (χ2v) is 8.60. The van der Waals surface area contributed by atoms with Gasteiger partial charge < -0.3 is 16.4 Å². The van der Waals surface area contributed by atoms with E-state index in [4.69, 9.17) is 5.73 Å². The lowest BCUT2D eigenvalue weighted by atomic mass is 10.2. The lowest BCUT2D eigenvalue weighted by Crippen LogP contribution is -2.39. The number of aromatic nitrogens is 4. The number of nitrogen functional groups attached to an aromatic ring is 1. The molecule has 2 aromatic rings. The van der Waals surface area contributed by atoms with Crippen molar-refractivity contribution in [3.63, 3.8) is 0 Å². The van der Waals surface area contributed by atoms with Crippen LogP contribution in [-0.4, -0.2) is 51.6 Å². The molecule has 0 aliphatic carbocycles. The first-order chi connectivity index (χ1) is 18.3. The van der Waals surface area contributed by atoms with E-state index in [0.29, 0.717) is 18.1 Å². The van der Waals surface area contributed by atoms with Crippen molar-refractivity contribution in [2.75, 3.05) is 18.8 Å². The Morgan fingerprint density at radius 3 is 2.21 bits per heavy atom. The molecule has 17 heteroatoms. The molecule has 0 saturated carbocycles. The number of imidazole rings is 1. The topological polar surface area (TPSA) is 136 Å². The zero-order valence-corrected chi connectivity index (χ0v) is 21.4. The summed E-state index contributed by atoms with van der Waals surface area (Å²) in [4.78, 5) is 22.0. The number of aryl methyl sites for hydroxylation is 3. The molecule has 0 bridgehead atoms. The lowest BCUT2D eigenvalue weighted by Gasteiger charge is -2.07. The van der Waals surface area contributed by atoms with Crippen LogP contribution in [0.4, 0.5) is 43.8 Å². The number of unbranched alkanes of at least 4 members (excludes halogenated alkanes) is 3. The van der Waals surface area contributed by atoms with Gasteiger partial charge in [0.2, 0.25) is 0 Å². The van der Waals surface area contributed by atoms with Crippen molar-refractivity contribution in [1.29, 1.82) is 0 Å². The van der Waals surface area contributed by atoms with Gasteiger partial charge >= 0.3 is 30.1 Å². The monoisotopic (exact) mass is 568 g/mol. The fraction of sp³-hybridized carbons (Fsp3) is 0.636. The Morgan fingerprint density at radius 2 is 1.59 bits per heavy atom. The molecule has 11 nitrogen and oxygen atoms in total. The van der Waals surface area contributed by atoms with Gasteiger partial charge in [-0.2, -0.15) is 31.4 Å². The Labute approximate surface area is 220 Å². The fourth-order valence-electron chi connectivity index (χ4n) is 3.45. The van der Waals surface area contributed by atoms with Crippen LogP contribution in [0, 0.1) is 0 Å². The summed E-state index contributed by atoms with van der Waals surface area (Å²) in [6, 6.07) is 0. The Bertz CT molecular complexity index is 1060. The molecular formula is C22H32F6N9O2+. The molecule has 2 rings (SSSR count).